The van der Waals surface area contributed by atoms with Crippen molar-refractivity contribution in [3.63, 3.8) is 0 Å². The van der Waals surface area contributed by atoms with E-state index in [4.69, 9.17) is 16.6 Å². The molecule has 1 aliphatic heterocycles. The van der Waals surface area contributed by atoms with Gasteiger partial charge in [0.15, 0.2) is 5.16 Å². The Kier molecular flexibility index (Phi) is 8.41. The second kappa shape index (κ2) is 12.3. The fraction of sp³-hybridized carbons (Fsp3) is 0.241. The largest absolute Gasteiger partial charge is 0.367 e. The number of halogens is 1. The number of pyridine rings is 1. The van der Waals surface area contributed by atoms with Crippen molar-refractivity contribution in [1.29, 1.82) is 0 Å². The summed E-state index contributed by atoms with van der Waals surface area (Å²) in [5, 5.41) is 4.48. The van der Waals surface area contributed by atoms with Gasteiger partial charge in [-0.3, -0.25) is 9.78 Å². The van der Waals surface area contributed by atoms with Crippen molar-refractivity contribution in [2.24, 2.45) is 0 Å². The van der Waals surface area contributed by atoms with Crippen molar-refractivity contribution in [2.75, 3.05) is 36.0 Å². The fourth-order valence-electron chi connectivity index (χ4n) is 4.37. The molecule has 1 saturated heterocycles. The van der Waals surface area contributed by atoms with Gasteiger partial charge in [-0.2, -0.15) is 0 Å². The highest BCUT2D eigenvalue weighted by molar-refractivity contribution is 7.98. The molecular weight excluding hydrogens is 516 g/mol. The minimum Gasteiger partial charge on any atom is -0.367 e. The molecular formula is C29H29ClN6OS. The van der Waals surface area contributed by atoms with Crippen LogP contribution in [0.25, 0.3) is 0 Å². The lowest BCUT2D eigenvalue weighted by Gasteiger charge is -2.37. The molecule has 0 spiro atoms. The first-order chi connectivity index (χ1) is 18.5. The molecule has 0 atom stereocenters. The average molecular weight is 545 g/mol. The summed E-state index contributed by atoms with van der Waals surface area (Å²) >= 11 is 7.98. The summed E-state index contributed by atoms with van der Waals surface area (Å²) in [6.45, 7) is 5.93. The molecule has 0 radical (unpaired) electrons. The van der Waals surface area contributed by atoms with Crippen LogP contribution in [0.5, 0.6) is 0 Å². The van der Waals surface area contributed by atoms with Gasteiger partial charge in [0.05, 0.1) is 10.7 Å². The minimum absolute atomic E-state index is 0.106. The third-order valence-electron chi connectivity index (χ3n) is 6.35. The summed E-state index contributed by atoms with van der Waals surface area (Å²) < 4.78 is 0. The van der Waals surface area contributed by atoms with Crippen molar-refractivity contribution in [2.45, 2.75) is 24.4 Å². The van der Waals surface area contributed by atoms with E-state index in [0.717, 1.165) is 64.7 Å². The second-order valence-corrected chi connectivity index (χ2v) is 10.5. The van der Waals surface area contributed by atoms with E-state index in [9.17, 15) is 4.79 Å². The smallest absolute Gasteiger partial charge is 0.251 e. The molecule has 1 fully saturated rings. The first-order valence-corrected chi connectivity index (χ1v) is 13.9. The molecule has 0 unspecified atom stereocenters. The zero-order chi connectivity index (χ0) is 26.3. The number of hydrogen-bond donors (Lipinski definition) is 1. The molecule has 1 aliphatic rings. The molecule has 0 bridgehead atoms. The van der Waals surface area contributed by atoms with Gasteiger partial charge in [0.2, 0.25) is 0 Å². The van der Waals surface area contributed by atoms with E-state index in [1.807, 2.05) is 67.6 Å². The standard InChI is InChI=1S/C29H29ClN6OS/c1-21-16-27(36-14-12-35(13-15-36)26-10-3-2-9-25(26)30)34-29(33-21)38-20-22-6-4-8-24(17-22)28(37)32-19-23-7-5-11-31-18-23/h2-11,16-18H,12-15,19-20H2,1H3,(H,32,37). The van der Waals surface area contributed by atoms with Crippen LogP contribution in [0.4, 0.5) is 11.5 Å². The van der Waals surface area contributed by atoms with Crippen LogP contribution in [0.1, 0.15) is 27.2 Å². The summed E-state index contributed by atoms with van der Waals surface area (Å²) in [7, 11) is 0. The van der Waals surface area contributed by atoms with Crippen LogP contribution in [-0.2, 0) is 12.3 Å². The number of aromatic nitrogens is 3. The fourth-order valence-corrected chi connectivity index (χ4v) is 5.47. The maximum absolute atomic E-state index is 12.7. The van der Waals surface area contributed by atoms with Gasteiger partial charge in [-0.15, -0.1) is 0 Å². The topological polar surface area (TPSA) is 74.2 Å². The molecule has 7 nitrogen and oxygen atoms in total. The number of nitrogens with zero attached hydrogens (tertiary/aromatic N) is 5. The van der Waals surface area contributed by atoms with Crippen molar-refractivity contribution < 1.29 is 4.79 Å². The number of piperazine rings is 1. The van der Waals surface area contributed by atoms with Gasteiger partial charge >= 0.3 is 0 Å². The van der Waals surface area contributed by atoms with Gasteiger partial charge in [-0.1, -0.05) is 53.7 Å². The van der Waals surface area contributed by atoms with Crippen LogP contribution in [-0.4, -0.2) is 47.0 Å². The van der Waals surface area contributed by atoms with Crippen LogP contribution in [0.15, 0.2) is 84.3 Å². The lowest BCUT2D eigenvalue weighted by Crippen LogP contribution is -2.47. The number of hydrogen-bond acceptors (Lipinski definition) is 7. The normalized spacial score (nSPS) is 13.4. The Morgan fingerprint density at radius 2 is 1.74 bits per heavy atom. The second-order valence-electron chi connectivity index (χ2n) is 9.11. The van der Waals surface area contributed by atoms with Gasteiger partial charge in [0, 0.05) is 68.2 Å². The first kappa shape index (κ1) is 26.0. The number of nitrogens with one attached hydrogen (secondary N) is 1. The molecule has 1 amide bonds. The first-order valence-electron chi connectivity index (χ1n) is 12.5. The summed E-state index contributed by atoms with van der Waals surface area (Å²) in [4.78, 5) is 30.9. The number of anilines is 2. The molecule has 0 saturated carbocycles. The highest BCUT2D eigenvalue weighted by atomic mass is 35.5. The monoisotopic (exact) mass is 544 g/mol. The van der Waals surface area contributed by atoms with E-state index in [2.05, 4.69) is 31.2 Å². The van der Waals surface area contributed by atoms with Crippen LogP contribution < -0.4 is 15.1 Å². The zero-order valence-electron chi connectivity index (χ0n) is 21.2. The summed E-state index contributed by atoms with van der Waals surface area (Å²) in [6.07, 6.45) is 3.47. The highest BCUT2D eigenvalue weighted by Crippen LogP contribution is 2.28. The summed E-state index contributed by atoms with van der Waals surface area (Å²) in [6, 6.07) is 21.5. The predicted molar refractivity (Wildman–Crippen MR) is 154 cm³/mol. The maximum Gasteiger partial charge on any atom is 0.251 e. The Labute approximate surface area is 232 Å². The van der Waals surface area contributed by atoms with Crippen LogP contribution in [0.3, 0.4) is 0 Å². The molecule has 2 aromatic carbocycles. The molecule has 38 heavy (non-hydrogen) atoms. The predicted octanol–water partition coefficient (Wildman–Crippen LogP) is 5.38. The summed E-state index contributed by atoms with van der Waals surface area (Å²) in [5.41, 5.74) is 4.66. The Balaban J connectivity index is 1.19. The SMILES string of the molecule is Cc1cc(N2CCN(c3ccccc3Cl)CC2)nc(SCc2cccc(C(=O)NCc3cccnc3)c2)n1. The molecule has 0 aliphatic carbocycles. The molecule has 2 aromatic heterocycles. The van der Waals surface area contributed by atoms with Gasteiger partial charge in [0.1, 0.15) is 5.82 Å². The Hall–Kier alpha value is -3.62. The number of para-hydroxylation sites is 1. The van der Waals surface area contributed by atoms with Gasteiger partial charge < -0.3 is 15.1 Å². The highest BCUT2D eigenvalue weighted by Gasteiger charge is 2.20. The number of carbonyl (C=O) groups excluding carboxylic acids is 1. The van der Waals surface area contributed by atoms with E-state index in [1.54, 1.807) is 24.2 Å². The number of amides is 1. The van der Waals surface area contributed by atoms with E-state index in [1.165, 1.54) is 0 Å². The number of carbonyl (C=O) groups is 1. The van der Waals surface area contributed by atoms with Crippen LogP contribution in [0, 0.1) is 6.92 Å². The van der Waals surface area contributed by atoms with Crippen LogP contribution in [0.2, 0.25) is 5.02 Å². The van der Waals surface area contributed by atoms with Crippen molar-refractivity contribution in [3.8, 4) is 0 Å². The Morgan fingerprint density at radius 3 is 2.53 bits per heavy atom. The van der Waals surface area contributed by atoms with Crippen molar-refractivity contribution >= 4 is 40.8 Å². The lowest BCUT2D eigenvalue weighted by molar-refractivity contribution is 0.0951. The molecule has 194 valence electrons. The van der Waals surface area contributed by atoms with Gasteiger partial charge in [-0.25, -0.2) is 9.97 Å². The zero-order valence-corrected chi connectivity index (χ0v) is 22.8. The molecule has 5 rings (SSSR count). The Bertz CT molecular complexity index is 1390. The third kappa shape index (κ3) is 6.62. The van der Waals surface area contributed by atoms with E-state index < -0.39 is 0 Å². The third-order valence-corrected chi connectivity index (χ3v) is 7.59. The maximum atomic E-state index is 12.7. The lowest BCUT2D eigenvalue weighted by atomic mass is 10.1. The quantitative estimate of drug-likeness (QED) is 0.236. The van der Waals surface area contributed by atoms with Crippen molar-refractivity contribution in [1.82, 2.24) is 20.3 Å². The van der Waals surface area contributed by atoms with Gasteiger partial charge in [0.25, 0.3) is 5.91 Å². The average Bonchev–Trinajstić information content (AvgIpc) is 2.96. The molecule has 4 aromatic rings. The van der Waals surface area contributed by atoms with Crippen LogP contribution >= 0.6 is 23.4 Å². The van der Waals surface area contributed by atoms with E-state index in [0.29, 0.717) is 17.9 Å². The molecule has 9 heteroatoms. The van der Waals surface area contributed by atoms with E-state index in [-0.39, 0.29) is 5.91 Å². The van der Waals surface area contributed by atoms with Gasteiger partial charge in [-0.05, 0) is 48.4 Å². The Morgan fingerprint density at radius 1 is 0.947 bits per heavy atom. The van der Waals surface area contributed by atoms with Crippen molar-refractivity contribution in [3.05, 3.63) is 107 Å². The number of aryl methyl sites for hydroxylation is 1. The number of rotatable bonds is 8. The van der Waals surface area contributed by atoms with E-state index >= 15 is 0 Å². The number of benzene rings is 2. The molecule has 3 heterocycles. The number of thioether (sulfide) groups is 1. The molecule has 1 N–H and O–H groups in total. The summed E-state index contributed by atoms with van der Waals surface area (Å²) in [5.74, 6) is 1.51. The minimum atomic E-state index is -0.106.